The summed E-state index contributed by atoms with van der Waals surface area (Å²) in [5.41, 5.74) is 1.08. The van der Waals surface area contributed by atoms with E-state index < -0.39 is 17.5 Å². The molecule has 0 N–H and O–H groups in total. The number of nitrogens with zero attached hydrogens (tertiary/aromatic N) is 3. The molecule has 0 unspecified atom stereocenters. The van der Waals surface area contributed by atoms with E-state index in [9.17, 15) is 14.4 Å². The molecule has 2 aliphatic rings. The van der Waals surface area contributed by atoms with Gasteiger partial charge in [-0.25, -0.2) is 9.59 Å². The van der Waals surface area contributed by atoms with Gasteiger partial charge in [0, 0.05) is 24.7 Å². The van der Waals surface area contributed by atoms with Crippen LogP contribution in [0.1, 0.15) is 25.3 Å². The van der Waals surface area contributed by atoms with Gasteiger partial charge >= 0.3 is 17.5 Å². The molecule has 8 heteroatoms. The van der Waals surface area contributed by atoms with E-state index in [-0.39, 0.29) is 11.5 Å². The maximum absolute atomic E-state index is 13.0. The van der Waals surface area contributed by atoms with Crippen LogP contribution in [0, 0.1) is 0 Å². The first-order valence-corrected chi connectivity index (χ1v) is 11.0. The minimum atomic E-state index is -0.836. The zero-order valence-corrected chi connectivity index (χ0v) is 18.2. The largest absolute Gasteiger partial charge is 0.417 e. The Bertz CT molecular complexity index is 1340. The van der Waals surface area contributed by atoms with Crippen molar-refractivity contribution in [3.8, 4) is 17.2 Å². The highest BCUT2D eigenvalue weighted by Crippen LogP contribution is 2.25. The Balaban J connectivity index is 1.43. The van der Waals surface area contributed by atoms with Crippen LogP contribution in [0.4, 0.5) is 0 Å². The number of ether oxygens (including phenoxy) is 2. The summed E-state index contributed by atoms with van der Waals surface area (Å²) in [6, 6.07) is 12.5. The molecule has 8 nitrogen and oxygen atoms in total. The van der Waals surface area contributed by atoms with Gasteiger partial charge in [-0.1, -0.05) is 24.3 Å². The average Bonchev–Trinajstić information content (AvgIpc) is 3.22. The van der Waals surface area contributed by atoms with Crippen molar-refractivity contribution in [2.75, 3.05) is 13.1 Å². The van der Waals surface area contributed by atoms with Crippen molar-refractivity contribution in [2.24, 2.45) is 0 Å². The van der Waals surface area contributed by atoms with Crippen LogP contribution in [-0.2, 0) is 16.0 Å². The maximum atomic E-state index is 13.0. The molecule has 1 aromatic heterocycles. The Morgan fingerprint density at radius 1 is 1.00 bits per heavy atom. The van der Waals surface area contributed by atoms with Gasteiger partial charge < -0.3 is 14.4 Å². The number of hydrogen-bond acceptors (Lipinski definition) is 7. The van der Waals surface area contributed by atoms with Gasteiger partial charge in [0.25, 0.3) is 0 Å². The summed E-state index contributed by atoms with van der Waals surface area (Å²) in [6.07, 6.45) is 6.57. The Hall–Kier alpha value is -3.78. The van der Waals surface area contributed by atoms with Crippen molar-refractivity contribution >= 4 is 22.7 Å². The van der Waals surface area contributed by atoms with Crippen molar-refractivity contribution in [1.29, 1.82) is 0 Å². The molecule has 0 spiro atoms. The lowest BCUT2D eigenvalue weighted by atomic mass is 10.0. The summed E-state index contributed by atoms with van der Waals surface area (Å²) in [6.45, 7) is 4.51. The Morgan fingerprint density at radius 3 is 2.55 bits per heavy atom. The standard InChI is InChI=1S/C25H23N3O5/c1-16-3-2-11-27(16)12-10-17-4-5-19-14-20(7-6-18(19)13-17)28-25(31)24-21(15-26-28)32-22(29)8-9-23(30)33-24/h4-9,13-16H,2-3,10-12H2,1H3/b9-8-/t16-/m1/s1. The second-order valence-corrected chi connectivity index (χ2v) is 8.37. The monoisotopic (exact) mass is 445 g/mol. The summed E-state index contributed by atoms with van der Waals surface area (Å²) >= 11 is 0. The molecule has 3 heterocycles. The molecule has 0 amide bonds. The summed E-state index contributed by atoms with van der Waals surface area (Å²) in [7, 11) is 0. The predicted molar refractivity (Wildman–Crippen MR) is 122 cm³/mol. The SMILES string of the molecule is C[C@@H]1CCCN1CCc1ccc2cc(-n3ncc4c(c3=O)OC(=O)/C=C\C(=O)O4)ccc2c1. The van der Waals surface area contributed by atoms with Gasteiger partial charge in [0.2, 0.25) is 5.75 Å². The van der Waals surface area contributed by atoms with Crippen molar-refractivity contribution in [2.45, 2.75) is 32.2 Å². The highest BCUT2D eigenvalue weighted by atomic mass is 16.6. The minimum Gasteiger partial charge on any atom is -0.417 e. The van der Waals surface area contributed by atoms with Crippen LogP contribution in [0.25, 0.3) is 16.5 Å². The fourth-order valence-electron chi connectivity index (χ4n) is 4.35. The van der Waals surface area contributed by atoms with Gasteiger partial charge in [-0.15, -0.1) is 0 Å². The van der Waals surface area contributed by atoms with Crippen LogP contribution < -0.4 is 15.0 Å². The molecule has 3 aromatic rings. The molecule has 0 aliphatic carbocycles. The second-order valence-electron chi connectivity index (χ2n) is 8.37. The first-order chi connectivity index (χ1) is 16.0. The van der Waals surface area contributed by atoms with Crippen molar-refractivity contribution in [3.05, 3.63) is 70.7 Å². The lowest BCUT2D eigenvalue weighted by molar-refractivity contribution is -0.133. The molecule has 0 radical (unpaired) electrons. The summed E-state index contributed by atoms with van der Waals surface area (Å²) in [4.78, 5) is 39.0. The number of benzene rings is 2. The fraction of sp³-hybridized carbons (Fsp3) is 0.280. The molecule has 0 bridgehead atoms. The van der Waals surface area contributed by atoms with E-state index in [4.69, 9.17) is 9.47 Å². The smallest absolute Gasteiger partial charge is 0.336 e. The lowest BCUT2D eigenvalue weighted by Gasteiger charge is -2.20. The van der Waals surface area contributed by atoms with E-state index in [1.807, 2.05) is 18.2 Å². The first kappa shape index (κ1) is 21.1. The summed E-state index contributed by atoms with van der Waals surface area (Å²) in [5, 5.41) is 6.13. The third kappa shape index (κ3) is 4.29. The Kier molecular flexibility index (Phi) is 5.51. The minimum absolute atomic E-state index is 0.197. The molecule has 1 atom stereocenters. The average molecular weight is 445 g/mol. The highest BCUT2D eigenvalue weighted by Gasteiger charge is 2.22. The van der Waals surface area contributed by atoms with E-state index in [0.717, 1.165) is 40.6 Å². The topological polar surface area (TPSA) is 90.7 Å². The van der Waals surface area contributed by atoms with E-state index in [0.29, 0.717) is 11.7 Å². The van der Waals surface area contributed by atoms with Gasteiger partial charge in [0.15, 0.2) is 5.75 Å². The maximum Gasteiger partial charge on any atom is 0.336 e. The number of esters is 2. The van der Waals surface area contributed by atoms with Crippen molar-refractivity contribution in [3.63, 3.8) is 0 Å². The summed E-state index contributed by atoms with van der Waals surface area (Å²) in [5.74, 6) is -2.19. The van der Waals surface area contributed by atoms with Gasteiger partial charge in [-0.05, 0) is 61.2 Å². The fourth-order valence-corrected chi connectivity index (χ4v) is 4.35. The number of carbonyl (C=O) groups excluding carboxylic acids is 2. The Labute approximate surface area is 190 Å². The molecular weight excluding hydrogens is 422 g/mol. The van der Waals surface area contributed by atoms with E-state index in [2.05, 4.69) is 29.1 Å². The lowest BCUT2D eigenvalue weighted by Crippen LogP contribution is -2.28. The van der Waals surface area contributed by atoms with Crippen LogP contribution in [-0.4, -0.2) is 45.8 Å². The third-order valence-electron chi connectivity index (χ3n) is 6.18. The third-order valence-corrected chi connectivity index (χ3v) is 6.18. The van der Waals surface area contributed by atoms with Crippen LogP contribution in [0.3, 0.4) is 0 Å². The number of hydrogen-bond donors (Lipinski definition) is 0. The number of rotatable bonds is 4. The second kappa shape index (κ2) is 8.63. The molecular formula is C25H23N3O5. The number of fused-ring (bicyclic) bond motifs is 2. The zero-order valence-electron chi connectivity index (χ0n) is 18.2. The van der Waals surface area contributed by atoms with Gasteiger partial charge in [-0.3, -0.25) is 4.79 Å². The first-order valence-electron chi connectivity index (χ1n) is 11.0. The van der Waals surface area contributed by atoms with E-state index in [1.165, 1.54) is 31.1 Å². The highest BCUT2D eigenvalue weighted by molar-refractivity contribution is 5.95. The molecule has 1 fully saturated rings. The Morgan fingerprint density at radius 2 is 1.76 bits per heavy atom. The normalized spacial score (nSPS) is 19.5. The van der Waals surface area contributed by atoms with Crippen LogP contribution in [0.5, 0.6) is 11.5 Å². The van der Waals surface area contributed by atoms with E-state index >= 15 is 0 Å². The molecule has 5 rings (SSSR count). The van der Waals surface area contributed by atoms with Gasteiger partial charge in [-0.2, -0.15) is 9.78 Å². The predicted octanol–water partition coefficient (Wildman–Crippen LogP) is 2.79. The van der Waals surface area contributed by atoms with E-state index in [1.54, 1.807) is 6.07 Å². The molecule has 2 aromatic carbocycles. The van der Waals surface area contributed by atoms with Crippen LogP contribution >= 0.6 is 0 Å². The quantitative estimate of drug-likeness (QED) is 0.571. The van der Waals surface area contributed by atoms with Gasteiger partial charge in [0.1, 0.15) is 0 Å². The zero-order chi connectivity index (χ0) is 22.9. The molecule has 0 saturated carbocycles. The van der Waals surface area contributed by atoms with Gasteiger partial charge in [0.05, 0.1) is 11.9 Å². The number of carbonyl (C=O) groups is 2. The molecule has 2 aliphatic heterocycles. The molecule has 168 valence electrons. The van der Waals surface area contributed by atoms with Crippen LogP contribution in [0.15, 0.2) is 59.5 Å². The van der Waals surface area contributed by atoms with Crippen molar-refractivity contribution < 1.29 is 19.1 Å². The summed E-state index contributed by atoms with van der Waals surface area (Å²) < 4.78 is 11.2. The molecule has 1 saturated heterocycles. The number of aromatic nitrogens is 2. The number of likely N-dealkylation sites (tertiary alicyclic amines) is 1. The van der Waals surface area contributed by atoms with Crippen LogP contribution in [0.2, 0.25) is 0 Å². The molecule has 33 heavy (non-hydrogen) atoms. The van der Waals surface area contributed by atoms with Crippen molar-refractivity contribution in [1.82, 2.24) is 14.7 Å².